The third-order valence-electron chi connectivity index (χ3n) is 2.61. The van der Waals surface area contributed by atoms with Crippen molar-refractivity contribution in [1.82, 2.24) is 4.98 Å². The van der Waals surface area contributed by atoms with Crippen LogP contribution in [0.5, 0.6) is 0 Å². The lowest BCUT2D eigenvalue weighted by Gasteiger charge is -2.09. The second kappa shape index (κ2) is 5.42. The predicted molar refractivity (Wildman–Crippen MR) is 70.4 cm³/mol. The van der Waals surface area contributed by atoms with Gasteiger partial charge >= 0.3 is 5.97 Å². The molecule has 0 fully saturated rings. The van der Waals surface area contributed by atoms with Crippen LogP contribution < -0.4 is 5.73 Å². The summed E-state index contributed by atoms with van der Waals surface area (Å²) in [6.07, 6.45) is 0. The Hall–Kier alpha value is -2.21. The van der Waals surface area contributed by atoms with Crippen LogP contribution in [-0.2, 0) is 4.74 Å². The number of hydrogen-bond acceptors (Lipinski definition) is 4. The highest BCUT2D eigenvalue weighted by Crippen LogP contribution is 2.29. The summed E-state index contributed by atoms with van der Waals surface area (Å²) in [4.78, 5) is 15.1. The number of hydrogen-bond donors (Lipinski definition) is 1. The van der Waals surface area contributed by atoms with Crippen LogP contribution >= 0.6 is 11.6 Å². The summed E-state index contributed by atoms with van der Waals surface area (Å²) in [6, 6.07) is 5.98. The van der Waals surface area contributed by atoms with Gasteiger partial charge in [-0.25, -0.2) is 18.6 Å². The molecule has 2 rings (SSSR count). The standard InChI is InChI=1S/C13H9ClF2N2O2/c1-20-13(19)12-9(16)10(17)8(15)11(18-12)6-2-4-7(14)5-3-6/h2-5H,1H3,(H2,17,18). The van der Waals surface area contributed by atoms with Gasteiger partial charge < -0.3 is 10.5 Å². The second-order valence-electron chi connectivity index (χ2n) is 3.85. The average Bonchev–Trinajstić information content (AvgIpc) is 2.45. The van der Waals surface area contributed by atoms with E-state index in [1.807, 2.05) is 0 Å². The van der Waals surface area contributed by atoms with Crippen LogP contribution in [-0.4, -0.2) is 18.1 Å². The van der Waals surface area contributed by atoms with Crippen molar-refractivity contribution in [2.24, 2.45) is 0 Å². The van der Waals surface area contributed by atoms with Gasteiger partial charge in [-0.05, 0) is 12.1 Å². The predicted octanol–water partition coefficient (Wildman–Crippen LogP) is 3.05. The van der Waals surface area contributed by atoms with Gasteiger partial charge in [-0.15, -0.1) is 0 Å². The summed E-state index contributed by atoms with van der Waals surface area (Å²) in [5.74, 6) is -3.33. The average molecular weight is 299 g/mol. The molecule has 104 valence electrons. The summed E-state index contributed by atoms with van der Waals surface area (Å²) < 4.78 is 32.1. The smallest absolute Gasteiger partial charge is 0.359 e. The first kappa shape index (κ1) is 14.2. The molecule has 0 radical (unpaired) electrons. The Kier molecular flexibility index (Phi) is 3.85. The monoisotopic (exact) mass is 298 g/mol. The number of ether oxygens (including phenoxy) is 1. The molecule has 1 aromatic carbocycles. The van der Waals surface area contributed by atoms with E-state index in [2.05, 4.69) is 9.72 Å². The Morgan fingerprint density at radius 2 is 1.85 bits per heavy atom. The molecule has 0 aliphatic rings. The molecule has 2 N–H and O–H groups in total. The molecule has 0 bridgehead atoms. The zero-order valence-corrected chi connectivity index (χ0v) is 11.0. The molecule has 0 aliphatic heterocycles. The van der Waals surface area contributed by atoms with Crippen molar-refractivity contribution in [3.63, 3.8) is 0 Å². The summed E-state index contributed by atoms with van der Waals surface area (Å²) in [5.41, 5.74) is 3.92. The normalized spacial score (nSPS) is 10.4. The van der Waals surface area contributed by atoms with Crippen molar-refractivity contribution < 1.29 is 18.3 Å². The molecule has 1 aromatic heterocycles. The molecular formula is C13H9ClF2N2O2. The number of carbonyl (C=O) groups is 1. The van der Waals surface area contributed by atoms with E-state index < -0.39 is 29.0 Å². The van der Waals surface area contributed by atoms with Gasteiger partial charge in [0.05, 0.1) is 7.11 Å². The van der Waals surface area contributed by atoms with Crippen molar-refractivity contribution in [2.45, 2.75) is 0 Å². The molecule has 7 heteroatoms. The first-order valence-electron chi connectivity index (χ1n) is 5.44. The van der Waals surface area contributed by atoms with Crippen molar-refractivity contribution >= 4 is 23.3 Å². The van der Waals surface area contributed by atoms with E-state index in [9.17, 15) is 13.6 Å². The largest absolute Gasteiger partial charge is 0.464 e. The second-order valence-corrected chi connectivity index (χ2v) is 4.29. The number of benzene rings is 1. The van der Waals surface area contributed by atoms with Gasteiger partial charge in [0, 0.05) is 10.6 Å². The summed E-state index contributed by atoms with van der Waals surface area (Å²) in [7, 11) is 1.06. The topological polar surface area (TPSA) is 65.2 Å². The molecule has 2 aromatic rings. The number of aromatic nitrogens is 1. The lowest BCUT2D eigenvalue weighted by Crippen LogP contribution is -2.13. The zero-order chi connectivity index (χ0) is 14.9. The molecule has 1 heterocycles. The van der Waals surface area contributed by atoms with E-state index in [1.165, 1.54) is 24.3 Å². The maximum absolute atomic E-state index is 14.0. The molecule has 0 saturated heterocycles. The van der Waals surface area contributed by atoms with E-state index in [4.69, 9.17) is 17.3 Å². The van der Waals surface area contributed by atoms with Gasteiger partial charge in [-0.3, -0.25) is 0 Å². The quantitative estimate of drug-likeness (QED) is 0.865. The fourth-order valence-corrected chi connectivity index (χ4v) is 1.72. The Balaban J connectivity index is 2.67. The number of carbonyl (C=O) groups excluding carboxylic acids is 1. The SMILES string of the molecule is COC(=O)c1nc(-c2ccc(Cl)cc2)c(F)c(N)c1F. The lowest BCUT2D eigenvalue weighted by molar-refractivity contribution is 0.0588. The Morgan fingerprint density at radius 3 is 2.40 bits per heavy atom. The number of halogens is 3. The maximum Gasteiger partial charge on any atom is 0.359 e. The number of nitrogen functional groups attached to an aromatic ring is 1. The van der Waals surface area contributed by atoms with Crippen LogP contribution in [0.1, 0.15) is 10.5 Å². The van der Waals surface area contributed by atoms with Crippen molar-refractivity contribution in [3.8, 4) is 11.3 Å². The minimum atomic E-state index is -1.24. The van der Waals surface area contributed by atoms with Crippen molar-refractivity contribution in [2.75, 3.05) is 12.8 Å². The van der Waals surface area contributed by atoms with Crippen LogP contribution in [0.4, 0.5) is 14.5 Å². The van der Waals surface area contributed by atoms with E-state index in [1.54, 1.807) is 0 Å². The number of anilines is 1. The number of nitrogens with zero attached hydrogens (tertiary/aromatic N) is 1. The number of pyridine rings is 1. The fourth-order valence-electron chi connectivity index (χ4n) is 1.59. The van der Waals surface area contributed by atoms with Crippen LogP contribution in [0.25, 0.3) is 11.3 Å². The Labute approximate surface area is 118 Å². The Morgan fingerprint density at radius 1 is 1.25 bits per heavy atom. The summed E-state index contributed by atoms with van der Waals surface area (Å²) >= 11 is 5.73. The Bertz CT molecular complexity index is 675. The van der Waals surface area contributed by atoms with Crippen LogP contribution in [0.3, 0.4) is 0 Å². The number of nitrogens with two attached hydrogens (primary N) is 1. The van der Waals surface area contributed by atoms with Crippen LogP contribution in [0, 0.1) is 11.6 Å². The zero-order valence-electron chi connectivity index (χ0n) is 10.3. The lowest BCUT2D eigenvalue weighted by atomic mass is 10.1. The number of rotatable bonds is 2. The molecule has 0 spiro atoms. The van der Waals surface area contributed by atoms with Gasteiger partial charge in [0.1, 0.15) is 11.4 Å². The number of esters is 1. The molecule has 0 amide bonds. The highest BCUT2D eigenvalue weighted by Gasteiger charge is 2.23. The summed E-state index contributed by atoms with van der Waals surface area (Å²) in [6.45, 7) is 0. The maximum atomic E-state index is 14.0. The third kappa shape index (κ3) is 2.42. The molecule has 20 heavy (non-hydrogen) atoms. The molecular weight excluding hydrogens is 290 g/mol. The molecule has 0 atom stereocenters. The van der Waals surface area contributed by atoms with Gasteiger partial charge in [-0.1, -0.05) is 23.7 Å². The van der Waals surface area contributed by atoms with E-state index in [0.29, 0.717) is 10.6 Å². The first-order valence-corrected chi connectivity index (χ1v) is 5.82. The number of methoxy groups -OCH3 is 1. The van der Waals surface area contributed by atoms with E-state index >= 15 is 0 Å². The highest BCUT2D eigenvalue weighted by atomic mass is 35.5. The molecule has 4 nitrogen and oxygen atoms in total. The first-order chi connectivity index (χ1) is 9.45. The minimum absolute atomic E-state index is 0.249. The van der Waals surface area contributed by atoms with E-state index in [-0.39, 0.29) is 5.69 Å². The molecule has 0 aliphatic carbocycles. The minimum Gasteiger partial charge on any atom is -0.464 e. The van der Waals surface area contributed by atoms with Crippen molar-refractivity contribution in [3.05, 3.63) is 46.6 Å². The van der Waals surface area contributed by atoms with Gasteiger partial charge in [0.2, 0.25) is 0 Å². The van der Waals surface area contributed by atoms with Crippen molar-refractivity contribution in [1.29, 1.82) is 0 Å². The third-order valence-corrected chi connectivity index (χ3v) is 2.86. The fraction of sp³-hybridized carbons (Fsp3) is 0.0769. The van der Waals surface area contributed by atoms with E-state index in [0.717, 1.165) is 7.11 Å². The van der Waals surface area contributed by atoms with Crippen LogP contribution in [0.15, 0.2) is 24.3 Å². The van der Waals surface area contributed by atoms with Crippen LogP contribution in [0.2, 0.25) is 5.02 Å². The highest BCUT2D eigenvalue weighted by molar-refractivity contribution is 6.30. The molecule has 0 saturated carbocycles. The van der Waals surface area contributed by atoms with Gasteiger partial charge in [0.15, 0.2) is 17.3 Å². The summed E-state index contributed by atoms with van der Waals surface area (Å²) in [5, 5.41) is 0.442. The van der Waals surface area contributed by atoms with Gasteiger partial charge in [0.25, 0.3) is 0 Å². The molecule has 0 unspecified atom stereocenters. The van der Waals surface area contributed by atoms with Gasteiger partial charge in [-0.2, -0.15) is 0 Å².